The zero-order valence-electron chi connectivity index (χ0n) is 14.8. The predicted molar refractivity (Wildman–Crippen MR) is 92.4 cm³/mol. The van der Waals surface area contributed by atoms with E-state index in [-0.39, 0.29) is 44.1 Å². The largest absolute Gasteiger partial charge is 0.493 e. The predicted octanol–water partition coefficient (Wildman–Crippen LogP) is 1.44. The van der Waals surface area contributed by atoms with E-state index in [1.807, 2.05) is 31.2 Å². The van der Waals surface area contributed by atoms with Gasteiger partial charge in [-0.2, -0.15) is 0 Å². The van der Waals surface area contributed by atoms with Crippen LogP contribution in [0, 0.1) is 6.92 Å². The highest BCUT2D eigenvalue weighted by Crippen LogP contribution is 2.12. The molecule has 0 saturated carbocycles. The van der Waals surface area contributed by atoms with Crippen molar-refractivity contribution in [3.63, 3.8) is 0 Å². The molecule has 1 aliphatic rings. The van der Waals surface area contributed by atoms with Crippen LogP contribution >= 0.6 is 0 Å². The van der Waals surface area contributed by atoms with Crippen molar-refractivity contribution >= 4 is 18.0 Å². The third-order valence-corrected chi connectivity index (χ3v) is 3.55. The molecule has 0 radical (unpaired) electrons. The summed E-state index contributed by atoms with van der Waals surface area (Å²) in [5, 5.41) is 4.94. The SMILES string of the molecule is CCOC(=O)C1=C(COC(=O)CCOc2ccc(C)cc2)NC(=O)NC1. The molecule has 140 valence electrons. The normalized spacial score (nSPS) is 13.5. The Hall–Kier alpha value is -3.03. The first-order valence-corrected chi connectivity index (χ1v) is 8.28. The minimum Gasteiger partial charge on any atom is -0.493 e. The van der Waals surface area contributed by atoms with E-state index in [0.717, 1.165) is 5.56 Å². The standard InChI is InChI=1S/C18H22N2O6/c1-3-24-17(22)14-10-19-18(23)20-15(14)11-26-16(21)8-9-25-13-6-4-12(2)5-7-13/h4-7H,3,8-11H2,1-2H3,(H2,19,20,23). The monoisotopic (exact) mass is 362 g/mol. The molecule has 2 N–H and O–H groups in total. The molecule has 26 heavy (non-hydrogen) atoms. The lowest BCUT2D eigenvalue weighted by Crippen LogP contribution is -2.45. The van der Waals surface area contributed by atoms with Crippen LogP contribution in [-0.2, 0) is 19.1 Å². The van der Waals surface area contributed by atoms with Crippen LogP contribution in [0.15, 0.2) is 35.5 Å². The molecule has 0 saturated heterocycles. The molecule has 8 heteroatoms. The number of amides is 2. The third kappa shape index (κ3) is 5.80. The Morgan fingerprint density at radius 1 is 1.15 bits per heavy atom. The molecule has 1 heterocycles. The van der Waals surface area contributed by atoms with E-state index < -0.39 is 18.0 Å². The van der Waals surface area contributed by atoms with E-state index in [2.05, 4.69) is 10.6 Å². The Morgan fingerprint density at radius 2 is 1.88 bits per heavy atom. The Balaban J connectivity index is 1.82. The van der Waals surface area contributed by atoms with Gasteiger partial charge in [-0.15, -0.1) is 0 Å². The summed E-state index contributed by atoms with van der Waals surface area (Å²) in [5.41, 5.74) is 1.57. The first-order chi connectivity index (χ1) is 12.5. The first-order valence-electron chi connectivity index (χ1n) is 8.28. The third-order valence-electron chi connectivity index (χ3n) is 3.55. The van der Waals surface area contributed by atoms with Crippen molar-refractivity contribution in [1.82, 2.24) is 10.6 Å². The van der Waals surface area contributed by atoms with Crippen LogP contribution in [0.1, 0.15) is 18.9 Å². The Kier molecular flexibility index (Phi) is 7.02. The van der Waals surface area contributed by atoms with Crippen molar-refractivity contribution < 1.29 is 28.6 Å². The molecule has 0 bridgehead atoms. The van der Waals surface area contributed by atoms with Gasteiger partial charge in [-0.05, 0) is 26.0 Å². The summed E-state index contributed by atoms with van der Waals surface area (Å²) in [7, 11) is 0. The number of aryl methyl sites for hydroxylation is 1. The topological polar surface area (TPSA) is 103 Å². The van der Waals surface area contributed by atoms with Gasteiger partial charge in [0.25, 0.3) is 0 Å². The van der Waals surface area contributed by atoms with Crippen molar-refractivity contribution in [3.8, 4) is 5.75 Å². The average Bonchev–Trinajstić information content (AvgIpc) is 2.62. The van der Waals surface area contributed by atoms with E-state index in [1.54, 1.807) is 6.92 Å². The van der Waals surface area contributed by atoms with E-state index in [1.165, 1.54) is 0 Å². The van der Waals surface area contributed by atoms with Crippen molar-refractivity contribution in [2.75, 3.05) is 26.4 Å². The summed E-state index contributed by atoms with van der Waals surface area (Å²) in [6.07, 6.45) is 0.0437. The van der Waals surface area contributed by atoms with Gasteiger partial charge in [-0.3, -0.25) is 4.79 Å². The van der Waals surface area contributed by atoms with Crippen molar-refractivity contribution in [3.05, 3.63) is 41.1 Å². The van der Waals surface area contributed by atoms with E-state index in [4.69, 9.17) is 14.2 Å². The van der Waals surface area contributed by atoms with Gasteiger partial charge < -0.3 is 24.8 Å². The van der Waals surface area contributed by atoms with Crippen LogP contribution < -0.4 is 15.4 Å². The summed E-state index contributed by atoms with van der Waals surface area (Å²) >= 11 is 0. The highest BCUT2D eigenvalue weighted by molar-refractivity contribution is 5.93. The van der Waals surface area contributed by atoms with Crippen LogP contribution in [0.5, 0.6) is 5.75 Å². The Bertz CT molecular complexity index is 696. The zero-order chi connectivity index (χ0) is 18.9. The highest BCUT2D eigenvalue weighted by atomic mass is 16.5. The molecule has 0 aliphatic carbocycles. The first kappa shape index (κ1) is 19.3. The van der Waals surface area contributed by atoms with Gasteiger partial charge in [0.05, 0.1) is 37.4 Å². The number of ether oxygens (including phenoxy) is 3. The van der Waals surface area contributed by atoms with Gasteiger partial charge in [-0.1, -0.05) is 17.7 Å². The van der Waals surface area contributed by atoms with Gasteiger partial charge in [0.1, 0.15) is 12.4 Å². The van der Waals surface area contributed by atoms with Crippen LogP contribution in [0.3, 0.4) is 0 Å². The number of nitrogens with one attached hydrogen (secondary N) is 2. The molecule has 1 aliphatic heterocycles. The molecule has 2 amide bonds. The summed E-state index contributed by atoms with van der Waals surface area (Å²) in [4.78, 5) is 35.2. The second-order valence-electron chi connectivity index (χ2n) is 5.56. The molecule has 8 nitrogen and oxygen atoms in total. The lowest BCUT2D eigenvalue weighted by Gasteiger charge is -2.21. The Morgan fingerprint density at radius 3 is 2.58 bits per heavy atom. The molecule has 1 aromatic rings. The number of esters is 2. The lowest BCUT2D eigenvalue weighted by atomic mass is 10.2. The average molecular weight is 362 g/mol. The number of rotatable bonds is 8. The summed E-state index contributed by atoms with van der Waals surface area (Å²) < 4.78 is 15.5. The van der Waals surface area contributed by atoms with E-state index in [9.17, 15) is 14.4 Å². The Labute approximate surface area is 151 Å². The number of hydrogen-bond donors (Lipinski definition) is 2. The number of carbonyl (C=O) groups is 3. The van der Waals surface area contributed by atoms with Gasteiger partial charge in [0, 0.05) is 0 Å². The molecular weight excluding hydrogens is 340 g/mol. The molecular formula is C18H22N2O6. The van der Waals surface area contributed by atoms with Gasteiger partial charge in [0.15, 0.2) is 0 Å². The fourth-order valence-electron chi connectivity index (χ4n) is 2.18. The van der Waals surface area contributed by atoms with Gasteiger partial charge in [-0.25, -0.2) is 9.59 Å². The van der Waals surface area contributed by atoms with Gasteiger partial charge >= 0.3 is 18.0 Å². The second kappa shape index (κ2) is 9.45. The van der Waals surface area contributed by atoms with Crippen molar-refractivity contribution in [2.24, 2.45) is 0 Å². The van der Waals surface area contributed by atoms with Crippen LogP contribution in [0.2, 0.25) is 0 Å². The zero-order valence-corrected chi connectivity index (χ0v) is 14.8. The quantitative estimate of drug-likeness (QED) is 0.678. The van der Waals surface area contributed by atoms with Gasteiger partial charge in [0.2, 0.25) is 0 Å². The van der Waals surface area contributed by atoms with Crippen LogP contribution in [-0.4, -0.2) is 44.3 Å². The molecule has 1 aromatic carbocycles. The van der Waals surface area contributed by atoms with Crippen LogP contribution in [0.25, 0.3) is 0 Å². The minimum atomic E-state index is -0.561. The maximum atomic E-state index is 11.9. The minimum absolute atomic E-state index is 0.0219. The molecule has 0 spiro atoms. The highest BCUT2D eigenvalue weighted by Gasteiger charge is 2.24. The van der Waals surface area contributed by atoms with E-state index >= 15 is 0 Å². The molecule has 0 aromatic heterocycles. The lowest BCUT2D eigenvalue weighted by molar-refractivity contribution is -0.144. The van der Waals surface area contributed by atoms with Crippen molar-refractivity contribution in [1.29, 1.82) is 0 Å². The number of urea groups is 1. The molecule has 0 fully saturated rings. The smallest absolute Gasteiger partial charge is 0.337 e. The maximum Gasteiger partial charge on any atom is 0.337 e. The fraction of sp³-hybridized carbons (Fsp3) is 0.389. The summed E-state index contributed by atoms with van der Waals surface area (Å²) in [5.74, 6) is -0.393. The molecule has 0 unspecified atom stereocenters. The van der Waals surface area contributed by atoms with Crippen LogP contribution in [0.4, 0.5) is 4.79 Å². The number of carbonyl (C=O) groups excluding carboxylic acids is 3. The maximum absolute atomic E-state index is 11.9. The summed E-state index contributed by atoms with van der Waals surface area (Å²) in [6.45, 7) is 3.83. The second-order valence-corrected chi connectivity index (χ2v) is 5.56. The van der Waals surface area contributed by atoms with Crippen molar-refractivity contribution in [2.45, 2.75) is 20.3 Å². The summed E-state index contributed by atoms with van der Waals surface area (Å²) in [6, 6.07) is 7.00. The van der Waals surface area contributed by atoms with E-state index in [0.29, 0.717) is 5.75 Å². The fourth-order valence-corrected chi connectivity index (χ4v) is 2.18. The number of benzene rings is 1. The molecule has 2 rings (SSSR count). The number of hydrogen-bond acceptors (Lipinski definition) is 6. The molecule has 0 atom stereocenters.